The number of para-hydroxylation sites is 2. The van der Waals surface area contributed by atoms with Crippen molar-refractivity contribution in [1.29, 1.82) is 0 Å². The van der Waals surface area contributed by atoms with Crippen molar-refractivity contribution in [2.24, 2.45) is 5.73 Å². The zero-order valence-corrected chi connectivity index (χ0v) is 18.9. The van der Waals surface area contributed by atoms with E-state index in [-0.39, 0.29) is 11.9 Å². The largest absolute Gasteiger partial charge is 0.356 e. The van der Waals surface area contributed by atoms with Crippen LogP contribution in [0.4, 0.5) is 32.3 Å². The Morgan fingerprint density at radius 1 is 0.735 bits per heavy atom. The van der Waals surface area contributed by atoms with Gasteiger partial charge in [0, 0.05) is 24.3 Å². The lowest BCUT2D eigenvalue weighted by Crippen LogP contribution is -2.30. The van der Waals surface area contributed by atoms with Crippen LogP contribution in [0.2, 0.25) is 0 Å². The molecule has 0 saturated carbocycles. The monoisotopic (exact) mass is 459 g/mol. The van der Waals surface area contributed by atoms with Gasteiger partial charge in [-0.15, -0.1) is 0 Å². The lowest BCUT2D eigenvalue weighted by atomic mass is 10.2. The van der Waals surface area contributed by atoms with Gasteiger partial charge in [0.05, 0.1) is 11.4 Å². The van der Waals surface area contributed by atoms with Crippen LogP contribution in [0.1, 0.15) is 25.7 Å². The topological polar surface area (TPSA) is 117 Å². The van der Waals surface area contributed by atoms with Crippen molar-refractivity contribution < 1.29 is 14.4 Å². The van der Waals surface area contributed by atoms with Crippen molar-refractivity contribution in [3.05, 3.63) is 84.9 Å². The third kappa shape index (κ3) is 7.67. The van der Waals surface area contributed by atoms with E-state index in [4.69, 9.17) is 5.73 Å². The molecule has 1 aliphatic rings. The molecule has 0 atom stereocenters. The number of rotatable bonds is 4. The van der Waals surface area contributed by atoms with E-state index in [0.717, 1.165) is 31.5 Å². The number of primary amides is 1. The maximum Gasteiger partial charge on any atom is 0.330 e. The summed E-state index contributed by atoms with van der Waals surface area (Å²) < 4.78 is 0. The number of hydrogen-bond donors (Lipinski definition) is 4. The number of nitrogens with zero attached hydrogens (tertiary/aromatic N) is 1. The van der Waals surface area contributed by atoms with E-state index in [1.807, 2.05) is 60.7 Å². The fourth-order valence-corrected chi connectivity index (χ4v) is 3.40. The van der Waals surface area contributed by atoms with Crippen molar-refractivity contribution >= 4 is 40.7 Å². The Morgan fingerprint density at radius 3 is 1.97 bits per heavy atom. The van der Waals surface area contributed by atoms with Crippen molar-refractivity contribution in [1.82, 2.24) is 5.32 Å². The molecule has 3 aromatic carbocycles. The molecule has 1 fully saturated rings. The van der Waals surface area contributed by atoms with Crippen LogP contribution in [0.25, 0.3) is 0 Å². The van der Waals surface area contributed by atoms with Crippen molar-refractivity contribution in [3.63, 3.8) is 0 Å². The Bertz CT molecular complexity index is 1060. The van der Waals surface area contributed by atoms with Crippen molar-refractivity contribution in [3.8, 4) is 0 Å². The maximum atomic E-state index is 12.9. The SMILES string of the molecule is NC(=O)Nc1ccc(N(C(=O)Nc2ccccc2)c2ccccc2)cc1.O=C1CCCCCN1. The first kappa shape index (κ1) is 24.3. The van der Waals surface area contributed by atoms with Crippen LogP contribution in [-0.4, -0.2) is 24.5 Å². The lowest BCUT2D eigenvalue weighted by molar-refractivity contribution is -0.120. The normalized spacial score (nSPS) is 12.8. The summed E-state index contributed by atoms with van der Waals surface area (Å²) in [5, 5.41) is 8.19. The van der Waals surface area contributed by atoms with Crippen LogP contribution in [0.3, 0.4) is 0 Å². The molecule has 34 heavy (non-hydrogen) atoms. The Kier molecular flexibility index (Phi) is 9.04. The van der Waals surface area contributed by atoms with Gasteiger partial charge in [-0.3, -0.25) is 9.69 Å². The van der Waals surface area contributed by atoms with E-state index in [0.29, 0.717) is 17.1 Å². The number of urea groups is 2. The molecule has 0 spiro atoms. The van der Waals surface area contributed by atoms with Crippen LogP contribution in [0.5, 0.6) is 0 Å². The van der Waals surface area contributed by atoms with Crippen LogP contribution < -0.4 is 26.6 Å². The summed E-state index contributed by atoms with van der Waals surface area (Å²) in [4.78, 5) is 36.0. The van der Waals surface area contributed by atoms with E-state index in [2.05, 4.69) is 16.0 Å². The zero-order chi connectivity index (χ0) is 24.2. The first-order chi connectivity index (χ1) is 16.5. The number of carbonyl (C=O) groups excluding carboxylic acids is 3. The molecule has 0 unspecified atom stereocenters. The van der Waals surface area contributed by atoms with E-state index in [9.17, 15) is 14.4 Å². The summed E-state index contributed by atoms with van der Waals surface area (Å²) in [7, 11) is 0. The molecule has 5 amide bonds. The lowest BCUT2D eigenvalue weighted by Gasteiger charge is -2.23. The molecule has 0 radical (unpaired) electrons. The molecule has 4 rings (SSSR count). The van der Waals surface area contributed by atoms with Gasteiger partial charge in [-0.2, -0.15) is 0 Å². The number of nitrogens with two attached hydrogens (primary N) is 1. The molecule has 3 aromatic rings. The molecule has 8 nitrogen and oxygen atoms in total. The number of anilines is 4. The van der Waals surface area contributed by atoms with Gasteiger partial charge in [-0.1, -0.05) is 42.8 Å². The van der Waals surface area contributed by atoms with E-state index in [1.54, 1.807) is 29.2 Å². The Labute approximate surface area is 199 Å². The summed E-state index contributed by atoms with van der Waals surface area (Å²) in [6.45, 7) is 0.888. The first-order valence-electron chi connectivity index (χ1n) is 11.2. The summed E-state index contributed by atoms with van der Waals surface area (Å²) in [5.41, 5.74) is 7.75. The van der Waals surface area contributed by atoms with Crippen molar-refractivity contribution in [2.45, 2.75) is 25.7 Å². The molecular formula is C26H29N5O3. The van der Waals surface area contributed by atoms with Gasteiger partial charge < -0.3 is 21.7 Å². The molecule has 0 bridgehead atoms. The van der Waals surface area contributed by atoms with Gasteiger partial charge in [-0.05, 0) is 61.4 Å². The second kappa shape index (κ2) is 12.6. The number of nitrogens with one attached hydrogen (secondary N) is 3. The third-order valence-electron chi connectivity index (χ3n) is 5.04. The molecule has 0 aromatic heterocycles. The minimum atomic E-state index is -0.639. The van der Waals surface area contributed by atoms with Crippen LogP contribution >= 0.6 is 0 Å². The van der Waals surface area contributed by atoms with Crippen molar-refractivity contribution in [2.75, 3.05) is 22.1 Å². The fourth-order valence-electron chi connectivity index (χ4n) is 3.40. The Morgan fingerprint density at radius 2 is 1.32 bits per heavy atom. The highest BCUT2D eigenvalue weighted by Gasteiger charge is 2.18. The Hall–Kier alpha value is -4.33. The summed E-state index contributed by atoms with van der Waals surface area (Å²) >= 11 is 0. The Balaban J connectivity index is 0.000000343. The second-order valence-electron chi connectivity index (χ2n) is 7.66. The molecule has 1 saturated heterocycles. The summed E-state index contributed by atoms with van der Waals surface area (Å²) in [5.74, 6) is 0.225. The molecule has 0 aliphatic carbocycles. The highest BCUT2D eigenvalue weighted by molar-refractivity contribution is 6.07. The van der Waals surface area contributed by atoms with Gasteiger partial charge in [-0.25, -0.2) is 9.59 Å². The van der Waals surface area contributed by atoms with E-state index >= 15 is 0 Å². The zero-order valence-electron chi connectivity index (χ0n) is 18.9. The first-order valence-corrected chi connectivity index (χ1v) is 11.2. The predicted molar refractivity (Wildman–Crippen MR) is 135 cm³/mol. The number of amides is 5. The minimum Gasteiger partial charge on any atom is -0.356 e. The number of hydrogen-bond acceptors (Lipinski definition) is 3. The van der Waals surface area contributed by atoms with Crippen LogP contribution in [-0.2, 0) is 4.79 Å². The number of carbonyl (C=O) groups is 3. The smallest absolute Gasteiger partial charge is 0.330 e. The van der Waals surface area contributed by atoms with E-state index < -0.39 is 6.03 Å². The van der Waals surface area contributed by atoms with Gasteiger partial charge in [0.1, 0.15) is 0 Å². The average molecular weight is 460 g/mol. The average Bonchev–Trinajstić information content (AvgIpc) is 3.09. The van der Waals surface area contributed by atoms with Gasteiger partial charge in [0.15, 0.2) is 0 Å². The summed E-state index contributed by atoms with van der Waals surface area (Å²) in [6.07, 6.45) is 4.18. The minimum absolute atomic E-state index is 0.225. The van der Waals surface area contributed by atoms with Gasteiger partial charge in [0.25, 0.3) is 0 Å². The van der Waals surface area contributed by atoms with Gasteiger partial charge >= 0.3 is 12.1 Å². The standard InChI is InChI=1S/C20H18N4O2.C6H11NO/c21-19(25)22-16-11-13-18(14-12-16)24(17-9-5-2-6-10-17)20(26)23-15-7-3-1-4-8-15;8-6-4-2-1-3-5-7-6/h1-14H,(H,23,26)(H3,21,22,25);1-5H2,(H,7,8). The fraction of sp³-hybridized carbons (Fsp3) is 0.192. The predicted octanol–water partition coefficient (Wildman–Crippen LogP) is 5.22. The molecule has 5 N–H and O–H groups in total. The summed E-state index contributed by atoms with van der Waals surface area (Å²) in [6, 6.07) is 24.5. The molecule has 8 heteroatoms. The quantitative estimate of drug-likeness (QED) is 0.428. The number of benzene rings is 3. The van der Waals surface area contributed by atoms with E-state index in [1.165, 1.54) is 6.42 Å². The van der Waals surface area contributed by atoms with Gasteiger partial charge in [0.2, 0.25) is 5.91 Å². The molecule has 1 aliphatic heterocycles. The molecule has 1 heterocycles. The molecular weight excluding hydrogens is 430 g/mol. The van der Waals surface area contributed by atoms with Crippen LogP contribution in [0, 0.1) is 0 Å². The maximum absolute atomic E-state index is 12.9. The van der Waals surface area contributed by atoms with Crippen LogP contribution in [0.15, 0.2) is 84.9 Å². The third-order valence-corrected chi connectivity index (χ3v) is 5.04. The highest BCUT2D eigenvalue weighted by atomic mass is 16.2. The second-order valence-corrected chi connectivity index (χ2v) is 7.66. The highest BCUT2D eigenvalue weighted by Crippen LogP contribution is 2.27. The molecule has 176 valence electrons.